The normalized spacial score (nSPS) is 12.1. The quantitative estimate of drug-likeness (QED) is 0.170. The Kier molecular flexibility index (Phi) is 7.36. The number of nitrogens with zero attached hydrogens (tertiary/aromatic N) is 3. The van der Waals surface area contributed by atoms with Gasteiger partial charge in [0.1, 0.15) is 11.2 Å². The molecule has 0 aliphatic carbocycles. The highest BCUT2D eigenvalue weighted by atomic mass is 16.3. The molecule has 0 spiro atoms. The molecule has 4 heteroatoms. The van der Waals surface area contributed by atoms with Crippen molar-refractivity contribution in [3.05, 3.63) is 224 Å². The molecule has 4 aromatic heterocycles. The standard InChI is InChI=1S/C60H37N3O/c1-3-15-41(16-4-1)61-55-25-13-9-21-46(55)51-37-43(29-32-56(51)61)63-54-24-12-8-20-45(54)48-31-28-39(36-58(48)63)50-33-40(34-52-49-22-10-14-26-59(49)64-60(50)52)38-27-30-47-44-19-7-11-23-53(44)62(57(47)35-38)42-17-5-2-6-18-42/h1-37H. The van der Waals surface area contributed by atoms with E-state index >= 15 is 0 Å². The van der Waals surface area contributed by atoms with Gasteiger partial charge in [-0.2, -0.15) is 0 Å². The Morgan fingerprint density at radius 1 is 0.250 bits per heavy atom. The third kappa shape index (κ3) is 5.05. The molecule has 0 N–H and O–H groups in total. The summed E-state index contributed by atoms with van der Waals surface area (Å²) in [5.74, 6) is 0. The minimum Gasteiger partial charge on any atom is -0.455 e. The van der Waals surface area contributed by atoms with Crippen LogP contribution in [0, 0.1) is 0 Å². The Bertz CT molecular complexity index is 4180. The topological polar surface area (TPSA) is 27.9 Å². The van der Waals surface area contributed by atoms with E-state index in [1.165, 1.54) is 59.9 Å². The average Bonchev–Trinajstić information content (AvgIpc) is 4.10. The van der Waals surface area contributed by atoms with Crippen LogP contribution >= 0.6 is 0 Å². The monoisotopic (exact) mass is 815 g/mol. The zero-order valence-corrected chi connectivity index (χ0v) is 34.6. The summed E-state index contributed by atoms with van der Waals surface area (Å²) in [7, 11) is 0. The van der Waals surface area contributed by atoms with E-state index in [0.29, 0.717) is 0 Å². The summed E-state index contributed by atoms with van der Waals surface area (Å²) in [6.07, 6.45) is 0. The van der Waals surface area contributed by atoms with Gasteiger partial charge in [-0.1, -0.05) is 133 Å². The van der Waals surface area contributed by atoms with E-state index in [2.05, 4.69) is 238 Å². The minimum absolute atomic E-state index is 0.883. The van der Waals surface area contributed by atoms with Crippen LogP contribution in [0.25, 0.3) is 127 Å². The first-order chi connectivity index (χ1) is 31.7. The lowest BCUT2D eigenvalue weighted by atomic mass is 9.94. The maximum Gasteiger partial charge on any atom is 0.143 e. The minimum atomic E-state index is 0.883. The molecule has 4 nitrogen and oxygen atoms in total. The van der Waals surface area contributed by atoms with Crippen LogP contribution in [0.5, 0.6) is 0 Å². The van der Waals surface area contributed by atoms with Gasteiger partial charge in [0.15, 0.2) is 0 Å². The lowest BCUT2D eigenvalue weighted by Gasteiger charge is -2.12. The van der Waals surface area contributed by atoms with Crippen molar-refractivity contribution in [1.29, 1.82) is 0 Å². The van der Waals surface area contributed by atoms with E-state index in [0.717, 1.165) is 66.8 Å². The van der Waals surface area contributed by atoms with Crippen molar-refractivity contribution in [2.45, 2.75) is 0 Å². The van der Waals surface area contributed by atoms with E-state index < -0.39 is 0 Å². The smallest absolute Gasteiger partial charge is 0.143 e. The van der Waals surface area contributed by atoms with E-state index in [9.17, 15) is 0 Å². The van der Waals surface area contributed by atoms with Crippen LogP contribution in [0.2, 0.25) is 0 Å². The highest BCUT2D eigenvalue weighted by Gasteiger charge is 2.21. The second-order valence-corrected chi connectivity index (χ2v) is 16.9. The molecule has 4 heterocycles. The van der Waals surface area contributed by atoms with Crippen molar-refractivity contribution in [1.82, 2.24) is 13.7 Å². The van der Waals surface area contributed by atoms with Gasteiger partial charge in [-0.15, -0.1) is 0 Å². The zero-order chi connectivity index (χ0) is 41.9. The molecule has 0 atom stereocenters. The molecule has 10 aromatic carbocycles. The van der Waals surface area contributed by atoms with Crippen molar-refractivity contribution in [3.63, 3.8) is 0 Å². The molecule has 0 unspecified atom stereocenters. The molecule has 64 heavy (non-hydrogen) atoms. The zero-order valence-electron chi connectivity index (χ0n) is 34.6. The van der Waals surface area contributed by atoms with Gasteiger partial charge in [-0.25, -0.2) is 0 Å². The summed E-state index contributed by atoms with van der Waals surface area (Å²) in [6.45, 7) is 0. The third-order valence-electron chi connectivity index (χ3n) is 13.4. The van der Waals surface area contributed by atoms with Crippen LogP contribution in [0.15, 0.2) is 229 Å². The summed E-state index contributed by atoms with van der Waals surface area (Å²) < 4.78 is 14.0. The largest absolute Gasteiger partial charge is 0.455 e. The lowest BCUT2D eigenvalue weighted by Crippen LogP contribution is -1.96. The van der Waals surface area contributed by atoms with E-state index in [1.807, 2.05) is 0 Å². The fourth-order valence-electron chi connectivity index (χ4n) is 10.6. The van der Waals surface area contributed by atoms with Gasteiger partial charge in [-0.3, -0.25) is 0 Å². The Hall–Kier alpha value is -8.60. The van der Waals surface area contributed by atoms with Crippen molar-refractivity contribution in [2.75, 3.05) is 0 Å². The average molecular weight is 816 g/mol. The van der Waals surface area contributed by atoms with Crippen molar-refractivity contribution in [3.8, 4) is 39.3 Å². The molecule has 0 radical (unpaired) electrons. The fraction of sp³-hybridized carbons (Fsp3) is 0. The molecule has 0 fully saturated rings. The number of hydrogen-bond donors (Lipinski definition) is 0. The number of hydrogen-bond acceptors (Lipinski definition) is 1. The van der Waals surface area contributed by atoms with E-state index in [-0.39, 0.29) is 0 Å². The molecule has 0 saturated carbocycles. The van der Waals surface area contributed by atoms with E-state index in [1.54, 1.807) is 0 Å². The molecule has 0 aliphatic rings. The van der Waals surface area contributed by atoms with Gasteiger partial charge in [-0.05, 0) is 108 Å². The van der Waals surface area contributed by atoms with Crippen LogP contribution in [0.3, 0.4) is 0 Å². The number of furan rings is 1. The summed E-state index contributed by atoms with van der Waals surface area (Å²) in [5.41, 5.74) is 16.7. The fourth-order valence-corrected chi connectivity index (χ4v) is 10.6. The van der Waals surface area contributed by atoms with Gasteiger partial charge < -0.3 is 18.1 Å². The molecular formula is C60H37N3O. The van der Waals surface area contributed by atoms with E-state index in [4.69, 9.17) is 4.42 Å². The van der Waals surface area contributed by atoms with Gasteiger partial charge in [0.25, 0.3) is 0 Å². The number of benzene rings is 10. The molecule has 14 aromatic rings. The van der Waals surface area contributed by atoms with Gasteiger partial charge in [0.2, 0.25) is 0 Å². The van der Waals surface area contributed by atoms with Crippen molar-refractivity contribution < 1.29 is 4.42 Å². The first-order valence-corrected chi connectivity index (χ1v) is 21.9. The second-order valence-electron chi connectivity index (χ2n) is 16.9. The molecular weight excluding hydrogens is 779 g/mol. The second kappa shape index (κ2) is 13.4. The van der Waals surface area contributed by atoms with Crippen molar-refractivity contribution >= 4 is 87.4 Å². The van der Waals surface area contributed by atoms with Crippen molar-refractivity contribution in [2.24, 2.45) is 0 Å². The molecule has 298 valence electrons. The first kappa shape index (κ1) is 35.0. The van der Waals surface area contributed by atoms with Crippen LogP contribution in [-0.4, -0.2) is 13.7 Å². The molecule has 0 amide bonds. The summed E-state index contributed by atoms with van der Waals surface area (Å²) in [6, 6.07) is 81.5. The predicted molar refractivity (Wildman–Crippen MR) is 268 cm³/mol. The highest BCUT2D eigenvalue weighted by molar-refractivity contribution is 6.16. The summed E-state index contributed by atoms with van der Waals surface area (Å²) >= 11 is 0. The number of aromatic nitrogens is 3. The van der Waals surface area contributed by atoms with Crippen LogP contribution < -0.4 is 0 Å². The Balaban J connectivity index is 1.01. The number of para-hydroxylation sites is 6. The van der Waals surface area contributed by atoms with Crippen LogP contribution in [0.4, 0.5) is 0 Å². The molecule has 0 aliphatic heterocycles. The highest BCUT2D eigenvalue weighted by Crippen LogP contribution is 2.44. The van der Waals surface area contributed by atoms with Gasteiger partial charge >= 0.3 is 0 Å². The first-order valence-electron chi connectivity index (χ1n) is 21.9. The molecule has 0 bridgehead atoms. The molecule has 0 saturated heterocycles. The van der Waals surface area contributed by atoms with Crippen LogP contribution in [0.1, 0.15) is 0 Å². The Morgan fingerprint density at radius 3 is 1.36 bits per heavy atom. The Labute approximate surface area is 367 Å². The predicted octanol–water partition coefficient (Wildman–Crippen LogP) is 16.2. The lowest BCUT2D eigenvalue weighted by molar-refractivity contribution is 0.670. The maximum absolute atomic E-state index is 6.82. The van der Waals surface area contributed by atoms with Crippen LogP contribution in [-0.2, 0) is 0 Å². The third-order valence-corrected chi connectivity index (χ3v) is 13.4. The Morgan fingerprint density at radius 2 is 0.719 bits per heavy atom. The van der Waals surface area contributed by atoms with Gasteiger partial charge in [0.05, 0.1) is 33.1 Å². The number of rotatable bonds is 5. The summed E-state index contributed by atoms with van der Waals surface area (Å²) in [4.78, 5) is 0. The number of fused-ring (bicyclic) bond motifs is 12. The SMILES string of the molecule is c1ccc(-n2c3ccccc3c3cc(-n4c5ccccc5c5ccc(-c6cc(-c7ccc8c9ccccc9n(-c9ccccc9)c8c7)cc7c6oc6ccccc67)cc54)ccc32)cc1. The maximum atomic E-state index is 6.82. The van der Waals surface area contributed by atoms with Gasteiger partial charge in [0, 0.05) is 65.7 Å². The summed E-state index contributed by atoms with van der Waals surface area (Å²) in [5, 5.41) is 9.58. The molecule has 14 rings (SSSR count).